The van der Waals surface area contributed by atoms with E-state index in [2.05, 4.69) is 10.3 Å². The van der Waals surface area contributed by atoms with Gasteiger partial charge in [0.25, 0.3) is 5.91 Å². The number of nitrogens with two attached hydrogens (primary N) is 1. The van der Waals surface area contributed by atoms with E-state index in [-0.39, 0.29) is 17.9 Å². The van der Waals surface area contributed by atoms with E-state index < -0.39 is 5.41 Å². The third kappa shape index (κ3) is 2.11. The molecule has 2 rings (SSSR count). The van der Waals surface area contributed by atoms with Crippen molar-refractivity contribution in [1.82, 2.24) is 5.32 Å². The fourth-order valence-corrected chi connectivity index (χ4v) is 2.51. The van der Waals surface area contributed by atoms with E-state index in [9.17, 15) is 9.59 Å². The number of aliphatic imine (C=N–C) groups is 1. The van der Waals surface area contributed by atoms with Crippen molar-refractivity contribution >= 4 is 17.6 Å². The molecule has 0 aromatic heterocycles. The molecule has 5 heteroatoms. The van der Waals surface area contributed by atoms with Crippen LogP contribution in [-0.2, 0) is 9.59 Å². The van der Waals surface area contributed by atoms with Crippen molar-refractivity contribution in [2.75, 3.05) is 0 Å². The molecular weight excluding hydrogens is 218 g/mol. The van der Waals surface area contributed by atoms with Crippen LogP contribution in [0.2, 0.25) is 0 Å². The van der Waals surface area contributed by atoms with Crippen LogP contribution in [0, 0.1) is 5.41 Å². The number of amidine groups is 1. The van der Waals surface area contributed by atoms with Crippen LogP contribution in [0.1, 0.15) is 45.4 Å². The van der Waals surface area contributed by atoms with Crippen molar-refractivity contribution in [1.29, 1.82) is 0 Å². The average Bonchev–Trinajstić information content (AvgIpc) is 2.77. The summed E-state index contributed by atoms with van der Waals surface area (Å²) in [4.78, 5) is 28.1. The normalized spacial score (nSPS) is 24.7. The Morgan fingerprint density at radius 2 is 2.06 bits per heavy atom. The van der Waals surface area contributed by atoms with Crippen molar-refractivity contribution < 1.29 is 9.59 Å². The Balaban J connectivity index is 2.15. The Kier molecular flexibility index (Phi) is 3.28. The van der Waals surface area contributed by atoms with Gasteiger partial charge >= 0.3 is 0 Å². The first kappa shape index (κ1) is 12.2. The van der Waals surface area contributed by atoms with Gasteiger partial charge in [0, 0.05) is 12.5 Å². The lowest BCUT2D eigenvalue weighted by Crippen LogP contribution is -2.52. The quantitative estimate of drug-likeness (QED) is 0.710. The molecule has 1 spiro atoms. The Morgan fingerprint density at radius 3 is 2.59 bits per heavy atom. The topological polar surface area (TPSA) is 84.5 Å². The minimum Gasteiger partial charge on any atom is -0.327 e. The van der Waals surface area contributed by atoms with Gasteiger partial charge in [0.15, 0.2) is 0 Å². The Labute approximate surface area is 101 Å². The van der Waals surface area contributed by atoms with Gasteiger partial charge in [-0.25, -0.2) is 0 Å². The molecule has 1 aliphatic heterocycles. The van der Waals surface area contributed by atoms with Crippen LogP contribution in [0.4, 0.5) is 0 Å². The highest BCUT2D eigenvalue weighted by molar-refractivity contribution is 6.18. The van der Waals surface area contributed by atoms with Crippen LogP contribution in [0.25, 0.3) is 0 Å². The van der Waals surface area contributed by atoms with Crippen molar-refractivity contribution in [2.24, 2.45) is 16.1 Å². The van der Waals surface area contributed by atoms with Crippen molar-refractivity contribution in [2.45, 2.75) is 51.5 Å². The number of nitrogens with zero attached hydrogens (tertiary/aromatic N) is 1. The molecule has 0 radical (unpaired) electrons. The summed E-state index contributed by atoms with van der Waals surface area (Å²) in [5.41, 5.74) is 4.93. The lowest BCUT2D eigenvalue weighted by atomic mass is 9.83. The van der Waals surface area contributed by atoms with E-state index in [0.717, 1.165) is 19.3 Å². The van der Waals surface area contributed by atoms with Gasteiger partial charge in [-0.15, -0.1) is 0 Å². The Bertz CT molecular complexity index is 370. The summed E-state index contributed by atoms with van der Waals surface area (Å²) in [5, 5.41) is 2.76. The lowest BCUT2D eigenvalue weighted by Gasteiger charge is -2.29. The summed E-state index contributed by atoms with van der Waals surface area (Å²) < 4.78 is 0. The molecule has 0 aromatic rings. The summed E-state index contributed by atoms with van der Waals surface area (Å²) in [5.74, 6) is -0.00256. The number of amides is 2. The standard InChI is InChI=1S/C12H19N3O2/c1-2-8(13)7-9-14-10(16)12(11(17)15-9)5-3-4-6-12/h8H,2-7,13H2,1H3,(H,14,15,16,17). The fraction of sp³-hybridized carbons (Fsp3) is 0.750. The predicted molar refractivity (Wildman–Crippen MR) is 64.4 cm³/mol. The largest absolute Gasteiger partial charge is 0.327 e. The number of rotatable bonds is 3. The van der Waals surface area contributed by atoms with Gasteiger partial charge < -0.3 is 11.1 Å². The number of hydrogen-bond donors (Lipinski definition) is 2. The molecule has 94 valence electrons. The monoisotopic (exact) mass is 237 g/mol. The van der Waals surface area contributed by atoms with E-state index in [1.54, 1.807) is 0 Å². The highest BCUT2D eigenvalue weighted by Gasteiger charge is 2.50. The van der Waals surface area contributed by atoms with Gasteiger partial charge in [-0.1, -0.05) is 19.8 Å². The van der Waals surface area contributed by atoms with Gasteiger partial charge in [-0.05, 0) is 19.3 Å². The number of nitrogens with one attached hydrogen (secondary N) is 1. The molecule has 2 amide bonds. The van der Waals surface area contributed by atoms with Crippen LogP contribution in [0.15, 0.2) is 4.99 Å². The molecule has 0 saturated heterocycles. The average molecular weight is 237 g/mol. The van der Waals surface area contributed by atoms with Crippen LogP contribution in [0.5, 0.6) is 0 Å². The first-order valence-electron chi connectivity index (χ1n) is 6.27. The third-order valence-electron chi connectivity index (χ3n) is 3.78. The molecule has 1 unspecified atom stereocenters. The molecular formula is C12H19N3O2. The second kappa shape index (κ2) is 4.56. The zero-order valence-corrected chi connectivity index (χ0v) is 10.2. The van der Waals surface area contributed by atoms with Crippen LogP contribution >= 0.6 is 0 Å². The molecule has 1 heterocycles. The van der Waals surface area contributed by atoms with E-state index in [1.807, 2.05) is 6.92 Å². The smallest absolute Gasteiger partial charge is 0.263 e. The minimum atomic E-state index is -0.861. The molecule has 17 heavy (non-hydrogen) atoms. The number of carbonyl (C=O) groups is 2. The molecule has 1 atom stereocenters. The number of carbonyl (C=O) groups excluding carboxylic acids is 2. The summed E-state index contributed by atoms with van der Waals surface area (Å²) in [6.07, 6.45) is 4.39. The molecule has 1 saturated carbocycles. The first-order chi connectivity index (χ1) is 8.08. The zero-order valence-electron chi connectivity index (χ0n) is 10.2. The Hall–Kier alpha value is -1.23. The minimum absolute atomic E-state index is 0.0560. The molecule has 3 N–H and O–H groups in total. The number of hydrogen-bond acceptors (Lipinski definition) is 3. The second-order valence-electron chi connectivity index (χ2n) is 4.98. The molecule has 0 aromatic carbocycles. The van der Waals surface area contributed by atoms with E-state index in [4.69, 9.17) is 5.73 Å². The van der Waals surface area contributed by atoms with Crippen molar-refractivity contribution in [3.8, 4) is 0 Å². The van der Waals surface area contributed by atoms with Gasteiger partial charge in [0.05, 0.1) is 0 Å². The van der Waals surface area contributed by atoms with E-state index in [0.29, 0.717) is 25.1 Å². The van der Waals surface area contributed by atoms with E-state index >= 15 is 0 Å². The summed E-state index contributed by atoms with van der Waals surface area (Å²) in [7, 11) is 0. The first-order valence-corrected chi connectivity index (χ1v) is 6.27. The lowest BCUT2D eigenvalue weighted by molar-refractivity contribution is -0.141. The van der Waals surface area contributed by atoms with Gasteiger partial charge in [-0.2, -0.15) is 4.99 Å². The highest BCUT2D eigenvalue weighted by Crippen LogP contribution is 2.40. The predicted octanol–water partition coefficient (Wildman–Crippen LogP) is 0.729. The van der Waals surface area contributed by atoms with Crippen LogP contribution < -0.4 is 11.1 Å². The van der Waals surface area contributed by atoms with Gasteiger partial charge in [0.1, 0.15) is 11.3 Å². The summed E-state index contributed by atoms with van der Waals surface area (Å²) in [6.45, 7) is 1.97. The second-order valence-corrected chi connectivity index (χ2v) is 4.98. The molecule has 1 fully saturated rings. The fourth-order valence-electron chi connectivity index (χ4n) is 2.51. The highest BCUT2D eigenvalue weighted by atomic mass is 16.2. The molecule has 0 bridgehead atoms. The van der Waals surface area contributed by atoms with Crippen LogP contribution in [-0.4, -0.2) is 23.7 Å². The van der Waals surface area contributed by atoms with E-state index in [1.165, 1.54) is 0 Å². The molecule has 1 aliphatic carbocycles. The zero-order chi connectivity index (χ0) is 12.5. The maximum absolute atomic E-state index is 12.1. The third-order valence-corrected chi connectivity index (χ3v) is 3.78. The maximum atomic E-state index is 12.1. The SMILES string of the molecule is CCC(N)CC1=NC(=O)C2(CCCC2)C(=O)N1. The van der Waals surface area contributed by atoms with Crippen molar-refractivity contribution in [3.63, 3.8) is 0 Å². The van der Waals surface area contributed by atoms with Crippen LogP contribution in [0.3, 0.4) is 0 Å². The van der Waals surface area contributed by atoms with Gasteiger partial charge in [-0.3, -0.25) is 9.59 Å². The van der Waals surface area contributed by atoms with Crippen molar-refractivity contribution in [3.05, 3.63) is 0 Å². The van der Waals surface area contributed by atoms with Gasteiger partial charge in [0.2, 0.25) is 5.91 Å². The maximum Gasteiger partial charge on any atom is 0.263 e. The molecule has 2 aliphatic rings. The Morgan fingerprint density at radius 1 is 1.41 bits per heavy atom. The molecule has 5 nitrogen and oxygen atoms in total. The summed E-state index contributed by atoms with van der Waals surface area (Å²) in [6, 6.07) is -0.0560. The summed E-state index contributed by atoms with van der Waals surface area (Å²) >= 11 is 0.